The van der Waals surface area contributed by atoms with Crippen molar-refractivity contribution in [3.63, 3.8) is 0 Å². The van der Waals surface area contributed by atoms with Crippen molar-refractivity contribution in [2.24, 2.45) is 28.6 Å². The van der Waals surface area contributed by atoms with Crippen LogP contribution in [0.5, 0.6) is 0 Å². The van der Waals surface area contributed by atoms with Crippen LogP contribution in [0.15, 0.2) is 11.6 Å². The molecule has 0 aliphatic heterocycles. The average Bonchev–Trinajstić information content (AvgIpc) is 2.86. The van der Waals surface area contributed by atoms with E-state index in [4.69, 9.17) is 4.74 Å². The standard InChI is InChI=1S/C22H31FO3/c1-4-19(25)26-20-18(23)12-17-15-6-5-13-11-14(24)7-9-21(13,2)16(15)8-10-22(17,20)3/h11,15-18,20H,4-10,12H2,1-3H3/t15-,16+,17+,18?,20?,21+,22+/m1/s1. The normalized spacial score (nSPS) is 47.5. The monoisotopic (exact) mass is 362 g/mol. The van der Waals surface area contributed by atoms with Gasteiger partial charge in [0.15, 0.2) is 5.78 Å². The molecule has 4 heteroatoms. The van der Waals surface area contributed by atoms with E-state index in [1.165, 1.54) is 5.57 Å². The fourth-order valence-electron chi connectivity index (χ4n) is 6.92. The molecule has 0 aromatic rings. The van der Waals surface area contributed by atoms with Gasteiger partial charge in [-0.2, -0.15) is 0 Å². The number of hydrogen-bond acceptors (Lipinski definition) is 3. The zero-order valence-corrected chi connectivity index (χ0v) is 16.2. The second-order valence-electron chi connectivity index (χ2n) is 9.53. The minimum absolute atomic E-state index is 0.0994. The predicted molar refractivity (Wildman–Crippen MR) is 97.2 cm³/mol. The molecule has 3 nitrogen and oxygen atoms in total. The number of alkyl halides is 1. The number of allylic oxidation sites excluding steroid dienone is 1. The molecule has 4 aliphatic carbocycles. The number of hydrogen-bond donors (Lipinski definition) is 0. The minimum atomic E-state index is -1.04. The van der Waals surface area contributed by atoms with E-state index in [2.05, 4.69) is 13.8 Å². The third-order valence-corrected chi connectivity index (χ3v) is 8.40. The zero-order valence-electron chi connectivity index (χ0n) is 16.2. The van der Waals surface area contributed by atoms with Gasteiger partial charge in [0.2, 0.25) is 0 Å². The summed E-state index contributed by atoms with van der Waals surface area (Å²) in [5.41, 5.74) is 1.19. The van der Waals surface area contributed by atoms with Crippen LogP contribution in [0.2, 0.25) is 0 Å². The molecular weight excluding hydrogens is 331 g/mol. The van der Waals surface area contributed by atoms with Gasteiger partial charge in [0.25, 0.3) is 0 Å². The summed E-state index contributed by atoms with van der Waals surface area (Å²) < 4.78 is 20.5. The maximum absolute atomic E-state index is 14.9. The number of ether oxygens (including phenoxy) is 1. The van der Waals surface area contributed by atoms with Crippen LogP contribution in [0.4, 0.5) is 4.39 Å². The van der Waals surface area contributed by atoms with Gasteiger partial charge in [0.1, 0.15) is 12.3 Å². The molecule has 0 aromatic heterocycles. The van der Waals surface area contributed by atoms with Gasteiger partial charge < -0.3 is 4.74 Å². The third-order valence-electron chi connectivity index (χ3n) is 8.40. The highest BCUT2D eigenvalue weighted by Gasteiger charge is 2.63. The van der Waals surface area contributed by atoms with Gasteiger partial charge >= 0.3 is 5.97 Å². The van der Waals surface area contributed by atoms with Crippen LogP contribution in [0.3, 0.4) is 0 Å². The van der Waals surface area contributed by atoms with Gasteiger partial charge in [0, 0.05) is 18.3 Å². The molecule has 0 spiro atoms. The van der Waals surface area contributed by atoms with Gasteiger partial charge in [-0.05, 0) is 67.8 Å². The highest BCUT2D eigenvalue weighted by molar-refractivity contribution is 5.91. The van der Waals surface area contributed by atoms with Crippen molar-refractivity contribution in [2.45, 2.75) is 84.4 Å². The Morgan fingerprint density at radius 1 is 1.23 bits per heavy atom. The molecule has 0 N–H and O–H groups in total. The summed E-state index contributed by atoms with van der Waals surface area (Å²) in [7, 11) is 0. The van der Waals surface area contributed by atoms with Crippen LogP contribution in [0, 0.1) is 28.6 Å². The van der Waals surface area contributed by atoms with Crippen molar-refractivity contribution >= 4 is 11.8 Å². The molecule has 144 valence electrons. The first-order chi connectivity index (χ1) is 12.3. The average molecular weight is 362 g/mol. The molecule has 4 rings (SSSR count). The quantitative estimate of drug-likeness (QED) is 0.664. The van der Waals surface area contributed by atoms with Crippen molar-refractivity contribution in [3.05, 3.63) is 11.6 Å². The summed E-state index contributed by atoms with van der Waals surface area (Å²) >= 11 is 0. The van der Waals surface area contributed by atoms with Crippen LogP contribution in [-0.2, 0) is 14.3 Å². The van der Waals surface area contributed by atoms with Crippen LogP contribution >= 0.6 is 0 Å². The van der Waals surface area contributed by atoms with Gasteiger partial charge in [-0.15, -0.1) is 0 Å². The van der Waals surface area contributed by atoms with Gasteiger partial charge in [-0.3, -0.25) is 9.59 Å². The maximum Gasteiger partial charge on any atom is 0.305 e. The summed E-state index contributed by atoms with van der Waals surface area (Å²) in [6.45, 7) is 6.25. The number of halogens is 1. The van der Waals surface area contributed by atoms with Gasteiger partial charge in [0.05, 0.1) is 0 Å². The molecule has 3 saturated carbocycles. The van der Waals surface area contributed by atoms with E-state index >= 15 is 0 Å². The van der Waals surface area contributed by atoms with E-state index in [1.807, 2.05) is 6.08 Å². The summed E-state index contributed by atoms with van der Waals surface area (Å²) in [6, 6.07) is 0. The Balaban J connectivity index is 1.62. The van der Waals surface area contributed by atoms with Gasteiger partial charge in [-0.1, -0.05) is 26.3 Å². The topological polar surface area (TPSA) is 43.4 Å². The van der Waals surface area contributed by atoms with E-state index in [0.29, 0.717) is 31.1 Å². The van der Waals surface area contributed by atoms with E-state index < -0.39 is 12.3 Å². The number of carbonyl (C=O) groups is 2. The lowest BCUT2D eigenvalue weighted by Gasteiger charge is -2.57. The summed E-state index contributed by atoms with van der Waals surface area (Å²) in [4.78, 5) is 23.8. The first kappa shape index (κ1) is 18.2. The van der Waals surface area contributed by atoms with Gasteiger partial charge in [-0.25, -0.2) is 4.39 Å². The highest BCUT2D eigenvalue weighted by Crippen LogP contribution is 2.65. The molecule has 2 unspecified atom stereocenters. The van der Waals surface area contributed by atoms with E-state index in [1.54, 1.807) is 6.92 Å². The van der Waals surface area contributed by atoms with Crippen LogP contribution in [0.1, 0.15) is 72.1 Å². The Labute approximate surface area is 155 Å². The van der Waals surface area contributed by atoms with Crippen molar-refractivity contribution < 1.29 is 18.7 Å². The smallest absolute Gasteiger partial charge is 0.305 e. The largest absolute Gasteiger partial charge is 0.459 e. The molecule has 0 aromatic carbocycles. The number of fused-ring (bicyclic) bond motifs is 5. The summed E-state index contributed by atoms with van der Waals surface area (Å²) in [6.07, 6.45) is 6.66. The number of carbonyl (C=O) groups excluding carboxylic acids is 2. The first-order valence-corrected chi connectivity index (χ1v) is 10.4. The number of ketones is 1. The van der Waals surface area contributed by atoms with Crippen LogP contribution < -0.4 is 0 Å². The van der Waals surface area contributed by atoms with Crippen LogP contribution in [-0.4, -0.2) is 24.0 Å². The molecule has 0 amide bonds. The maximum atomic E-state index is 14.9. The van der Waals surface area contributed by atoms with Crippen molar-refractivity contribution in [1.82, 2.24) is 0 Å². The fourth-order valence-corrected chi connectivity index (χ4v) is 6.92. The second kappa shape index (κ2) is 6.17. The lowest BCUT2D eigenvalue weighted by molar-refractivity contribution is -0.163. The Hall–Kier alpha value is -1.19. The Kier molecular flexibility index (Phi) is 4.32. The fraction of sp³-hybridized carbons (Fsp3) is 0.818. The lowest BCUT2D eigenvalue weighted by Crippen LogP contribution is -2.52. The van der Waals surface area contributed by atoms with Crippen molar-refractivity contribution in [3.8, 4) is 0 Å². The molecule has 4 aliphatic rings. The molecule has 0 bridgehead atoms. The molecule has 26 heavy (non-hydrogen) atoms. The van der Waals surface area contributed by atoms with Crippen molar-refractivity contribution in [1.29, 1.82) is 0 Å². The van der Waals surface area contributed by atoms with E-state index in [0.717, 1.165) is 32.1 Å². The first-order valence-electron chi connectivity index (χ1n) is 10.4. The number of esters is 1. The Bertz CT molecular complexity index is 656. The van der Waals surface area contributed by atoms with Crippen LogP contribution in [0.25, 0.3) is 0 Å². The summed E-state index contributed by atoms with van der Waals surface area (Å²) in [5.74, 6) is 1.28. The zero-order chi connectivity index (χ0) is 18.7. The molecule has 0 heterocycles. The Morgan fingerprint density at radius 2 is 2.00 bits per heavy atom. The highest BCUT2D eigenvalue weighted by atomic mass is 19.1. The lowest BCUT2D eigenvalue weighted by atomic mass is 9.47. The van der Waals surface area contributed by atoms with Crippen molar-refractivity contribution in [2.75, 3.05) is 0 Å². The third kappa shape index (κ3) is 2.51. The molecule has 7 atom stereocenters. The molecule has 3 fully saturated rings. The SMILES string of the molecule is CCC(=O)OC1C(F)C[C@H]2[C@@H]3CCC4=CC(=O)CC[C@]4(C)[C@H]3CC[C@]12C. The van der Waals surface area contributed by atoms with E-state index in [-0.39, 0.29) is 28.5 Å². The summed E-state index contributed by atoms with van der Waals surface area (Å²) in [5, 5.41) is 0. The predicted octanol–water partition coefficient (Wildman–Crippen LogP) is 4.79. The minimum Gasteiger partial charge on any atom is -0.459 e. The molecule has 0 radical (unpaired) electrons. The second-order valence-corrected chi connectivity index (χ2v) is 9.53. The molecular formula is C22H31FO3. The van der Waals surface area contributed by atoms with E-state index in [9.17, 15) is 14.0 Å². The number of rotatable bonds is 2. The Morgan fingerprint density at radius 3 is 2.73 bits per heavy atom. The molecule has 0 saturated heterocycles.